The lowest BCUT2D eigenvalue weighted by Gasteiger charge is -2.28. The molecule has 0 aromatic carbocycles. The summed E-state index contributed by atoms with van der Waals surface area (Å²) in [7, 11) is 0. The molecule has 2 heterocycles. The van der Waals surface area contributed by atoms with Gasteiger partial charge in [-0.1, -0.05) is 13.3 Å². The van der Waals surface area contributed by atoms with Crippen LogP contribution in [0.1, 0.15) is 33.6 Å². The van der Waals surface area contributed by atoms with Crippen molar-refractivity contribution in [2.45, 2.75) is 45.2 Å². The summed E-state index contributed by atoms with van der Waals surface area (Å²) in [5.74, 6) is 0.669. The normalized spacial score (nSPS) is 20.6. The highest BCUT2D eigenvalue weighted by Gasteiger charge is 2.22. The number of carbonyl (C=O) groups excluding carboxylic acids is 1. The van der Waals surface area contributed by atoms with Gasteiger partial charge in [-0.05, 0) is 54.4 Å². The third-order valence-electron chi connectivity index (χ3n) is 3.29. The molecule has 1 unspecified atom stereocenters. The van der Waals surface area contributed by atoms with E-state index in [1.165, 1.54) is 0 Å². The minimum atomic E-state index is -0.215. The number of dihydropyridines is 2. The third kappa shape index (κ3) is 4.46. The van der Waals surface area contributed by atoms with Crippen molar-refractivity contribution in [3.8, 4) is 0 Å². The Labute approximate surface area is 133 Å². The van der Waals surface area contributed by atoms with Crippen molar-refractivity contribution >= 4 is 28.2 Å². The number of nitrogens with zero attached hydrogens (tertiary/aromatic N) is 1. The zero-order valence-corrected chi connectivity index (χ0v) is 14.1. The number of carbonyl (C=O) groups is 1. The fraction of sp³-hybridized carbons (Fsp3) is 0.467. The van der Waals surface area contributed by atoms with Crippen molar-refractivity contribution < 1.29 is 4.79 Å². The van der Waals surface area contributed by atoms with Gasteiger partial charge in [0, 0.05) is 16.2 Å². The molecule has 21 heavy (non-hydrogen) atoms. The predicted octanol–water partition coefficient (Wildman–Crippen LogP) is 2.92. The molecule has 5 nitrogen and oxygen atoms in total. The molecule has 0 saturated heterocycles. The Hall–Kier alpha value is -1.56. The molecule has 0 aromatic heterocycles. The monoisotopic (exact) mass is 352 g/mol. The van der Waals surface area contributed by atoms with Crippen molar-refractivity contribution in [2.24, 2.45) is 4.99 Å². The van der Waals surface area contributed by atoms with E-state index in [4.69, 9.17) is 0 Å². The average Bonchev–Trinajstić information content (AvgIpc) is 2.37. The van der Waals surface area contributed by atoms with E-state index in [-0.39, 0.29) is 17.6 Å². The zero-order chi connectivity index (χ0) is 15.5. The van der Waals surface area contributed by atoms with Gasteiger partial charge in [-0.3, -0.25) is 10.3 Å². The van der Waals surface area contributed by atoms with Crippen LogP contribution in [-0.2, 0) is 0 Å². The number of urea groups is 1. The molecule has 0 spiro atoms. The molecule has 114 valence electrons. The summed E-state index contributed by atoms with van der Waals surface area (Å²) >= 11 is 3.40. The molecule has 0 aromatic rings. The number of fused-ring (bicyclic) bond motifs is 1. The molecule has 6 heteroatoms. The van der Waals surface area contributed by atoms with Crippen molar-refractivity contribution in [2.75, 3.05) is 0 Å². The third-order valence-corrected chi connectivity index (χ3v) is 3.76. The van der Waals surface area contributed by atoms with Crippen LogP contribution in [0.25, 0.3) is 0 Å². The minimum absolute atomic E-state index is 0.0201. The van der Waals surface area contributed by atoms with Crippen LogP contribution in [0.5, 0.6) is 0 Å². The molecule has 1 atom stereocenters. The highest BCUT2D eigenvalue weighted by molar-refractivity contribution is 9.12. The summed E-state index contributed by atoms with van der Waals surface area (Å²) in [6, 6.07) is -0.222. The van der Waals surface area contributed by atoms with Crippen molar-refractivity contribution in [3.05, 3.63) is 34.2 Å². The van der Waals surface area contributed by atoms with Gasteiger partial charge < -0.3 is 10.6 Å². The molecular weight excluding hydrogens is 332 g/mol. The van der Waals surface area contributed by atoms with E-state index in [1.54, 1.807) is 6.21 Å². The molecule has 0 bridgehead atoms. The second-order valence-electron chi connectivity index (χ2n) is 5.82. The number of hydrogen-bond donors (Lipinski definition) is 3. The van der Waals surface area contributed by atoms with Crippen LogP contribution < -0.4 is 16.0 Å². The number of nitrogens with one attached hydrogen (secondary N) is 3. The lowest BCUT2D eigenvalue weighted by atomic mass is 9.99. The van der Waals surface area contributed by atoms with E-state index in [0.29, 0.717) is 5.82 Å². The molecule has 0 fully saturated rings. The maximum atomic E-state index is 12.0. The Morgan fingerprint density at radius 1 is 1.48 bits per heavy atom. The Morgan fingerprint density at radius 2 is 2.24 bits per heavy atom. The first kappa shape index (κ1) is 15.8. The molecule has 0 radical (unpaired) electrons. The van der Waals surface area contributed by atoms with E-state index in [1.807, 2.05) is 32.1 Å². The number of hydrogen-bond acceptors (Lipinski definition) is 3. The molecule has 2 rings (SSSR count). The van der Waals surface area contributed by atoms with Gasteiger partial charge in [-0.2, -0.15) is 0 Å². The van der Waals surface area contributed by atoms with Crippen LogP contribution in [-0.4, -0.2) is 23.8 Å². The lowest BCUT2D eigenvalue weighted by molar-refractivity contribution is 0.229. The summed E-state index contributed by atoms with van der Waals surface area (Å²) in [5.41, 5.74) is 0.711. The standard InChI is InChI=1S/C15H21BrN4O/c1-4-7-15(2,3)20-14(21)19-13-6-5-11-12(18-13)8-10(16)9-17-11/h5-6,8-9,12,18H,4,7H2,1-3H3,(H2,19,20,21). The van der Waals surface area contributed by atoms with E-state index in [0.717, 1.165) is 23.0 Å². The molecule has 2 aliphatic rings. The first-order valence-corrected chi connectivity index (χ1v) is 7.88. The highest BCUT2D eigenvalue weighted by atomic mass is 79.9. The predicted molar refractivity (Wildman–Crippen MR) is 89.2 cm³/mol. The van der Waals surface area contributed by atoms with Crippen LogP contribution in [0.4, 0.5) is 4.79 Å². The van der Waals surface area contributed by atoms with Gasteiger partial charge in [0.05, 0.1) is 11.7 Å². The summed E-state index contributed by atoms with van der Waals surface area (Å²) in [4.78, 5) is 16.4. The van der Waals surface area contributed by atoms with Gasteiger partial charge in [0.1, 0.15) is 5.82 Å². The van der Waals surface area contributed by atoms with E-state index < -0.39 is 0 Å². The minimum Gasteiger partial charge on any atom is -0.360 e. The van der Waals surface area contributed by atoms with Crippen LogP contribution in [0.15, 0.2) is 39.2 Å². The van der Waals surface area contributed by atoms with Crippen molar-refractivity contribution in [1.29, 1.82) is 0 Å². The first-order chi connectivity index (χ1) is 9.89. The van der Waals surface area contributed by atoms with Crippen molar-refractivity contribution in [3.63, 3.8) is 0 Å². The molecule has 3 N–H and O–H groups in total. The first-order valence-electron chi connectivity index (χ1n) is 7.08. The van der Waals surface area contributed by atoms with Crippen LogP contribution in [0, 0.1) is 0 Å². The molecule has 0 aliphatic carbocycles. The van der Waals surface area contributed by atoms with Gasteiger partial charge in [0.15, 0.2) is 0 Å². The highest BCUT2D eigenvalue weighted by Crippen LogP contribution is 2.20. The number of rotatable bonds is 4. The Morgan fingerprint density at radius 3 is 2.95 bits per heavy atom. The number of aliphatic imine (C=N–C) groups is 1. The summed E-state index contributed by atoms with van der Waals surface area (Å²) in [6.45, 7) is 6.14. The van der Waals surface area contributed by atoms with Gasteiger partial charge in [0.25, 0.3) is 0 Å². The molecular formula is C15H21BrN4O. The van der Waals surface area contributed by atoms with Crippen molar-refractivity contribution in [1.82, 2.24) is 16.0 Å². The van der Waals surface area contributed by atoms with E-state index in [9.17, 15) is 4.79 Å². The van der Waals surface area contributed by atoms with Gasteiger partial charge in [-0.25, -0.2) is 4.79 Å². The quantitative estimate of drug-likeness (QED) is 0.728. The lowest BCUT2D eigenvalue weighted by Crippen LogP contribution is -2.50. The second kappa shape index (κ2) is 6.47. The van der Waals surface area contributed by atoms with Gasteiger partial charge in [0.2, 0.25) is 0 Å². The summed E-state index contributed by atoms with van der Waals surface area (Å²) in [5, 5.41) is 9.05. The smallest absolute Gasteiger partial charge is 0.320 e. The Kier molecular flexibility index (Phi) is 4.88. The fourth-order valence-electron chi connectivity index (χ4n) is 2.38. The van der Waals surface area contributed by atoms with E-state index in [2.05, 4.69) is 43.8 Å². The molecule has 0 saturated carbocycles. The number of amides is 2. The maximum absolute atomic E-state index is 12.0. The Balaban J connectivity index is 1.95. The second-order valence-corrected chi connectivity index (χ2v) is 6.73. The largest absolute Gasteiger partial charge is 0.360 e. The summed E-state index contributed by atoms with van der Waals surface area (Å²) < 4.78 is 0.923. The van der Waals surface area contributed by atoms with Gasteiger partial charge in [-0.15, -0.1) is 0 Å². The molecule has 2 aliphatic heterocycles. The SMILES string of the molecule is CCCC(C)(C)NC(=O)NC1=CC=C2N=CC(Br)=CC2N1. The fourth-order valence-corrected chi connectivity index (χ4v) is 2.74. The average molecular weight is 353 g/mol. The summed E-state index contributed by atoms with van der Waals surface area (Å²) in [6.07, 6.45) is 9.45. The topological polar surface area (TPSA) is 65.5 Å². The maximum Gasteiger partial charge on any atom is 0.320 e. The molecule has 2 amide bonds. The number of halogens is 1. The van der Waals surface area contributed by atoms with Crippen LogP contribution in [0.3, 0.4) is 0 Å². The zero-order valence-electron chi connectivity index (χ0n) is 12.5. The van der Waals surface area contributed by atoms with Crippen LogP contribution in [0.2, 0.25) is 0 Å². The van der Waals surface area contributed by atoms with Crippen LogP contribution >= 0.6 is 15.9 Å². The van der Waals surface area contributed by atoms with Gasteiger partial charge >= 0.3 is 6.03 Å². The number of allylic oxidation sites excluding steroid dienone is 3. The van der Waals surface area contributed by atoms with E-state index >= 15 is 0 Å². The Bertz CT molecular complexity index is 546.